The van der Waals surface area contributed by atoms with Crippen molar-refractivity contribution in [3.63, 3.8) is 0 Å². The van der Waals surface area contributed by atoms with Crippen LogP contribution in [0.5, 0.6) is 0 Å². The molecule has 0 atom stereocenters. The molecule has 6 nitrogen and oxygen atoms in total. The number of Topliss-reactive ketones (excluding diaryl/α,β-unsaturated/α-hetero) is 1. The smallest absolute Gasteiger partial charge is 0.271 e. The first-order valence-electron chi connectivity index (χ1n) is 8.63. The lowest BCUT2D eigenvalue weighted by atomic mass is 9.92. The first-order valence-corrected chi connectivity index (χ1v) is 8.63. The first-order chi connectivity index (χ1) is 11.5. The zero-order chi connectivity index (χ0) is 18.7. The van der Waals surface area contributed by atoms with Crippen molar-refractivity contribution in [2.45, 2.75) is 53.0 Å². The molecule has 134 valence electrons. The summed E-state index contributed by atoms with van der Waals surface area (Å²) in [7, 11) is 0. The molecule has 0 spiro atoms. The summed E-state index contributed by atoms with van der Waals surface area (Å²) in [5.74, 6) is 0.695. The Hall–Kier alpha value is -2.37. The van der Waals surface area contributed by atoms with E-state index >= 15 is 0 Å². The first kappa shape index (κ1) is 17.5. The van der Waals surface area contributed by atoms with E-state index in [-0.39, 0.29) is 29.7 Å². The summed E-state index contributed by atoms with van der Waals surface area (Å²) in [6, 6.07) is 2.05. The van der Waals surface area contributed by atoms with Gasteiger partial charge in [-0.2, -0.15) is 5.10 Å². The standard InChI is InChI=1S/C19H26N4O2/c1-11(2)21-10-14-13(4)23-16(8-15(20-23)19(5,6)7)22(9-12(3)24)17(14)18(21)25/h8,11H,4,9-10H2,1-3,5-7H3. The number of rotatable bonds is 3. The molecule has 3 rings (SSSR count). The lowest BCUT2D eigenvalue weighted by Crippen LogP contribution is -2.39. The summed E-state index contributed by atoms with van der Waals surface area (Å²) in [6.45, 7) is 16.6. The molecule has 25 heavy (non-hydrogen) atoms. The molecule has 0 saturated heterocycles. The van der Waals surface area contributed by atoms with Crippen molar-refractivity contribution < 1.29 is 9.59 Å². The molecule has 6 heteroatoms. The van der Waals surface area contributed by atoms with E-state index in [9.17, 15) is 9.59 Å². The van der Waals surface area contributed by atoms with Crippen LogP contribution in [0.3, 0.4) is 0 Å². The molecule has 2 aliphatic heterocycles. The van der Waals surface area contributed by atoms with E-state index in [2.05, 4.69) is 27.4 Å². The molecular weight excluding hydrogens is 316 g/mol. The second-order valence-corrected chi connectivity index (χ2v) is 8.14. The van der Waals surface area contributed by atoms with Crippen molar-refractivity contribution >= 4 is 23.2 Å². The number of fused-ring (bicyclic) bond motifs is 1. The van der Waals surface area contributed by atoms with Gasteiger partial charge in [0, 0.05) is 23.1 Å². The van der Waals surface area contributed by atoms with Gasteiger partial charge in [-0.15, -0.1) is 0 Å². The summed E-state index contributed by atoms with van der Waals surface area (Å²) >= 11 is 0. The van der Waals surface area contributed by atoms with Gasteiger partial charge in [0.15, 0.2) is 0 Å². The van der Waals surface area contributed by atoms with Gasteiger partial charge < -0.3 is 9.80 Å². The number of nitrogens with zero attached hydrogens (tertiary/aromatic N) is 4. The third kappa shape index (κ3) is 2.69. The lowest BCUT2D eigenvalue weighted by molar-refractivity contribution is -0.127. The van der Waals surface area contributed by atoms with Gasteiger partial charge in [0.25, 0.3) is 5.91 Å². The number of amides is 1. The molecule has 0 aromatic carbocycles. The average molecular weight is 342 g/mol. The fraction of sp³-hybridized carbons (Fsp3) is 0.526. The number of carbonyl (C=O) groups excluding carboxylic acids is 2. The number of hydrogen-bond acceptors (Lipinski definition) is 4. The van der Waals surface area contributed by atoms with Crippen LogP contribution in [0.4, 0.5) is 5.82 Å². The van der Waals surface area contributed by atoms with Crippen molar-refractivity contribution in [3.05, 3.63) is 29.6 Å². The monoisotopic (exact) mass is 342 g/mol. The summed E-state index contributed by atoms with van der Waals surface area (Å²) in [4.78, 5) is 28.5. The van der Waals surface area contributed by atoms with Crippen molar-refractivity contribution in [2.75, 3.05) is 18.0 Å². The maximum absolute atomic E-state index is 13.0. The minimum atomic E-state index is -0.134. The molecule has 1 amide bonds. The lowest BCUT2D eigenvalue weighted by Gasteiger charge is -2.30. The number of hydrogen-bond donors (Lipinski definition) is 0. The highest BCUT2D eigenvalue weighted by Gasteiger charge is 2.42. The third-order valence-electron chi connectivity index (χ3n) is 4.69. The van der Waals surface area contributed by atoms with Crippen LogP contribution < -0.4 is 4.90 Å². The van der Waals surface area contributed by atoms with Gasteiger partial charge in [0.05, 0.1) is 24.5 Å². The zero-order valence-corrected chi connectivity index (χ0v) is 15.9. The third-order valence-corrected chi connectivity index (χ3v) is 4.69. The van der Waals surface area contributed by atoms with Crippen LogP contribution in [-0.4, -0.2) is 45.5 Å². The molecule has 0 fully saturated rings. The minimum absolute atomic E-state index is 0.000202. The van der Waals surface area contributed by atoms with Crippen LogP contribution in [-0.2, 0) is 15.0 Å². The van der Waals surface area contributed by atoms with Gasteiger partial charge in [-0.25, -0.2) is 4.68 Å². The van der Waals surface area contributed by atoms with Gasteiger partial charge in [0.1, 0.15) is 17.3 Å². The molecule has 2 aliphatic rings. The zero-order valence-electron chi connectivity index (χ0n) is 15.9. The SMILES string of the molecule is C=C1C2=C(C(=O)N(C(C)C)C2)N(CC(C)=O)c2cc(C(C)(C)C)nn21. The van der Waals surface area contributed by atoms with Crippen LogP contribution >= 0.6 is 0 Å². The predicted octanol–water partition coefficient (Wildman–Crippen LogP) is 2.57. The Morgan fingerprint density at radius 3 is 2.52 bits per heavy atom. The van der Waals surface area contributed by atoms with E-state index in [1.807, 2.05) is 19.9 Å². The molecule has 0 unspecified atom stereocenters. The largest absolute Gasteiger partial charge is 0.330 e. The fourth-order valence-electron chi connectivity index (χ4n) is 3.26. The van der Waals surface area contributed by atoms with Crippen molar-refractivity contribution in [1.29, 1.82) is 0 Å². The van der Waals surface area contributed by atoms with Crippen LogP contribution in [0.2, 0.25) is 0 Å². The van der Waals surface area contributed by atoms with Crippen LogP contribution in [0.1, 0.15) is 47.2 Å². The van der Waals surface area contributed by atoms with Gasteiger partial charge in [-0.1, -0.05) is 27.4 Å². The van der Waals surface area contributed by atoms with Gasteiger partial charge in [-0.3, -0.25) is 9.59 Å². The second kappa shape index (κ2) is 5.58. The van der Waals surface area contributed by atoms with Crippen molar-refractivity contribution in [1.82, 2.24) is 14.7 Å². The Bertz CT molecular complexity index is 808. The van der Waals surface area contributed by atoms with E-state index < -0.39 is 0 Å². The second-order valence-electron chi connectivity index (χ2n) is 8.14. The summed E-state index contributed by atoms with van der Waals surface area (Å²) in [5, 5.41) is 4.72. The van der Waals surface area contributed by atoms with E-state index in [1.54, 1.807) is 14.5 Å². The number of carbonyl (C=O) groups is 2. The quantitative estimate of drug-likeness (QED) is 0.847. The maximum atomic E-state index is 13.0. The average Bonchev–Trinajstić information content (AvgIpc) is 3.05. The molecular formula is C19H26N4O2. The molecule has 1 aromatic heterocycles. The normalized spacial score (nSPS) is 17.6. The van der Waals surface area contributed by atoms with Gasteiger partial charge in [0.2, 0.25) is 0 Å². The van der Waals surface area contributed by atoms with Gasteiger partial charge >= 0.3 is 0 Å². The van der Waals surface area contributed by atoms with Crippen molar-refractivity contribution in [3.8, 4) is 0 Å². The Balaban J connectivity index is 2.14. The molecule has 0 bridgehead atoms. The van der Waals surface area contributed by atoms with E-state index in [0.29, 0.717) is 12.2 Å². The van der Waals surface area contributed by atoms with E-state index in [4.69, 9.17) is 5.10 Å². The minimum Gasteiger partial charge on any atom is -0.330 e. The Morgan fingerprint density at radius 2 is 2.00 bits per heavy atom. The fourth-order valence-corrected chi connectivity index (χ4v) is 3.26. The molecule has 0 N–H and O–H groups in total. The molecule has 0 aliphatic carbocycles. The number of ketones is 1. The molecule has 1 aromatic rings. The summed E-state index contributed by atoms with van der Waals surface area (Å²) < 4.78 is 1.78. The predicted molar refractivity (Wildman–Crippen MR) is 98.2 cm³/mol. The number of anilines is 1. The molecule has 0 radical (unpaired) electrons. The molecule has 0 saturated carbocycles. The summed E-state index contributed by atoms with van der Waals surface area (Å²) in [5.41, 5.74) is 2.92. The Morgan fingerprint density at radius 1 is 1.36 bits per heavy atom. The highest BCUT2D eigenvalue weighted by atomic mass is 16.2. The van der Waals surface area contributed by atoms with Crippen molar-refractivity contribution in [2.24, 2.45) is 0 Å². The highest BCUT2D eigenvalue weighted by molar-refractivity contribution is 6.06. The summed E-state index contributed by atoms with van der Waals surface area (Å²) in [6.07, 6.45) is 0. The van der Waals surface area contributed by atoms with Crippen LogP contribution in [0.25, 0.3) is 5.70 Å². The number of aromatic nitrogens is 2. The Kier molecular flexibility index (Phi) is 3.89. The van der Waals surface area contributed by atoms with Crippen LogP contribution in [0, 0.1) is 0 Å². The maximum Gasteiger partial charge on any atom is 0.271 e. The van der Waals surface area contributed by atoms with Crippen LogP contribution in [0.15, 0.2) is 23.9 Å². The van der Waals surface area contributed by atoms with E-state index in [1.165, 1.54) is 6.92 Å². The van der Waals surface area contributed by atoms with E-state index in [0.717, 1.165) is 22.8 Å². The highest BCUT2D eigenvalue weighted by Crippen LogP contribution is 2.40. The molecule has 3 heterocycles. The topological polar surface area (TPSA) is 58.4 Å². The van der Waals surface area contributed by atoms with Gasteiger partial charge in [-0.05, 0) is 20.8 Å². The Labute approximate surface area is 148 Å².